The van der Waals surface area contributed by atoms with Crippen LogP contribution in [0.15, 0.2) is 17.1 Å². The molecule has 0 bridgehead atoms. The molecule has 4 N–H and O–H groups in total. The molecule has 102 valence electrons. The van der Waals surface area contributed by atoms with Crippen molar-refractivity contribution in [2.75, 3.05) is 6.61 Å². The van der Waals surface area contributed by atoms with Crippen LogP contribution in [0, 0.1) is 0 Å². The monoisotopic (exact) mass is 285 g/mol. The quantitative estimate of drug-likeness (QED) is 0.552. The molecule has 8 nitrogen and oxygen atoms in total. The smallest absolute Gasteiger partial charge is 0.277 e. The maximum Gasteiger partial charge on any atom is 0.277 e. The Morgan fingerprint density at radius 3 is 2.84 bits per heavy atom. The zero-order valence-corrected chi connectivity index (χ0v) is 10.6. The number of aromatic nitrogens is 3. The third-order valence-electron chi connectivity index (χ3n) is 3.16. The number of nitrogens with one attached hydrogen (secondary N) is 1. The zero-order chi connectivity index (χ0) is 13.6. The number of ether oxygens (including phenoxy) is 1. The summed E-state index contributed by atoms with van der Waals surface area (Å²) in [6.07, 6.45) is -1.85. The predicted octanol–water partition coefficient (Wildman–Crippen LogP) is -1.08. The Kier molecular flexibility index (Phi) is 3.12. The fraction of sp³-hybridized carbons (Fsp3) is 0.500. The lowest BCUT2D eigenvalue weighted by molar-refractivity contribution is -0.0124. The minimum atomic E-state index is -1.24. The summed E-state index contributed by atoms with van der Waals surface area (Å²) < 4.78 is 5.45. The van der Waals surface area contributed by atoms with Gasteiger partial charge in [0.05, 0.1) is 18.9 Å². The highest BCUT2D eigenvalue weighted by Gasteiger charge is 2.44. The van der Waals surface area contributed by atoms with Gasteiger partial charge in [0, 0.05) is 0 Å². The Morgan fingerprint density at radius 2 is 2.16 bits per heavy atom. The third-order valence-corrected chi connectivity index (χ3v) is 5.31. The lowest BCUT2D eigenvalue weighted by Gasteiger charge is -2.13. The lowest BCUT2D eigenvalue weighted by Crippen LogP contribution is -2.32. The Balaban J connectivity index is 2.06. The molecule has 9 heteroatoms. The SMILES string of the molecule is O=c1[nH]cnc2c1ncp2C1OC(CO)C(O)C1O. The zero-order valence-electron chi connectivity index (χ0n) is 9.67. The summed E-state index contributed by atoms with van der Waals surface area (Å²) in [5.41, 5.74) is -0.135. The van der Waals surface area contributed by atoms with Crippen LogP contribution in [0.25, 0.3) is 10.8 Å². The van der Waals surface area contributed by atoms with Crippen molar-refractivity contribution >= 4 is 18.3 Å². The van der Waals surface area contributed by atoms with Gasteiger partial charge in [-0.1, -0.05) is 0 Å². The van der Waals surface area contributed by atoms with Gasteiger partial charge in [-0.05, 0) is 7.53 Å². The molecule has 5 atom stereocenters. The average molecular weight is 285 g/mol. The maximum atomic E-state index is 11.5. The molecule has 0 saturated carbocycles. The Hall–Kier alpha value is -1.31. The minimum Gasteiger partial charge on any atom is -0.394 e. The predicted molar refractivity (Wildman–Crippen MR) is 65.9 cm³/mol. The summed E-state index contributed by atoms with van der Waals surface area (Å²) in [6, 6.07) is 0. The Morgan fingerprint density at radius 1 is 1.37 bits per heavy atom. The van der Waals surface area contributed by atoms with Gasteiger partial charge >= 0.3 is 0 Å². The van der Waals surface area contributed by atoms with Gasteiger partial charge in [-0.3, -0.25) is 4.79 Å². The normalized spacial score (nSPS) is 32.1. The van der Waals surface area contributed by atoms with E-state index in [0.717, 1.165) is 0 Å². The van der Waals surface area contributed by atoms with Crippen molar-refractivity contribution in [2.45, 2.75) is 24.2 Å². The van der Waals surface area contributed by atoms with Gasteiger partial charge < -0.3 is 25.0 Å². The molecule has 3 heterocycles. The highest BCUT2D eigenvalue weighted by atomic mass is 31.1. The van der Waals surface area contributed by atoms with Crippen molar-refractivity contribution < 1.29 is 20.1 Å². The van der Waals surface area contributed by atoms with E-state index in [0.29, 0.717) is 5.25 Å². The van der Waals surface area contributed by atoms with Gasteiger partial charge in [-0.25, -0.2) is 9.97 Å². The molecule has 0 amide bonds. The molecular formula is C10H12N3O5P. The van der Waals surface area contributed by atoms with Crippen LogP contribution in [0.4, 0.5) is 0 Å². The van der Waals surface area contributed by atoms with Crippen molar-refractivity contribution in [2.24, 2.45) is 0 Å². The van der Waals surface area contributed by atoms with Crippen molar-refractivity contribution in [1.29, 1.82) is 0 Å². The van der Waals surface area contributed by atoms with Crippen LogP contribution >= 0.6 is 7.53 Å². The van der Waals surface area contributed by atoms with E-state index in [1.807, 2.05) is 0 Å². The van der Waals surface area contributed by atoms with Gasteiger partial charge in [0.2, 0.25) is 0 Å². The summed E-state index contributed by atoms with van der Waals surface area (Å²) in [6.45, 7) is -0.384. The molecular weight excluding hydrogens is 273 g/mol. The van der Waals surface area contributed by atoms with E-state index in [1.165, 1.54) is 12.3 Å². The molecule has 0 aromatic carbocycles. The number of rotatable bonds is 2. The lowest BCUT2D eigenvalue weighted by atomic mass is 10.2. The molecule has 3 rings (SSSR count). The maximum absolute atomic E-state index is 11.5. The largest absolute Gasteiger partial charge is 0.394 e. The number of hydrogen-bond acceptors (Lipinski definition) is 7. The second-order valence-corrected chi connectivity index (χ2v) is 6.26. The van der Waals surface area contributed by atoms with E-state index >= 15 is 0 Å². The molecule has 1 aliphatic rings. The van der Waals surface area contributed by atoms with Crippen molar-refractivity contribution in [3.63, 3.8) is 0 Å². The molecule has 0 spiro atoms. The van der Waals surface area contributed by atoms with Crippen LogP contribution in [0.3, 0.4) is 0 Å². The topological polar surface area (TPSA) is 129 Å². The molecule has 0 aliphatic carbocycles. The number of hydrogen-bond donors (Lipinski definition) is 4. The van der Waals surface area contributed by atoms with Crippen molar-refractivity contribution in [1.82, 2.24) is 15.0 Å². The number of H-pyrrole nitrogens is 1. The summed E-state index contributed by atoms with van der Waals surface area (Å²) >= 11 is 0. The molecule has 2 aromatic rings. The number of nitrogens with zero attached hydrogens (tertiary/aromatic N) is 2. The van der Waals surface area contributed by atoms with Crippen LogP contribution < -0.4 is 5.56 Å². The highest BCUT2D eigenvalue weighted by molar-refractivity contribution is 7.54. The molecule has 1 saturated heterocycles. The van der Waals surface area contributed by atoms with Crippen molar-refractivity contribution in [3.8, 4) is 0 Å². The van der Waals surface area contributed by atoms with Crippen LogP contribution in [0.2, 0.25) is 0 Å². The van der Waals surface area contributed by atoms with Crippen LogP contribution in [0.1, 0.15) is 5.85 Å². The highest BCUT2D eigenvalue weighted by Crippen LogP contribution is 2.51. The van der Waals surface area contributed by atoms with Gasteiger partial charge in [-0.15, -0.1) is 0 Å². The molecule has 5 unspecified atom stereocenters. The number of aromatic amines is 1. The Bertz CT molecular complexity index is 656. The summed E-state index contributed by atoms with van der Waals surface area (Å²) in [4.78, 5) is 22.0. The summed E-state index contributed by atoms with van der Waals surface area (Å²) in [5, 5.41) is 29.2. The number of aliphatic hydroxyl groups is 3. The molecule has 1 aliphatic heterocycles. The fourth-order valence-corrected chi connectivity index (χ4v) is 4.27. The second kappa shape index (κ2) is 4.66. The van der Waals surface area contributed by atoms with E-state index in [1.54, 1.807) is 0 Å². The van der Waals surface area contributed by atoms with E-state index in [2.05, 4.69) is 15.0 Å². The second-order valence-electron chi connectivity index (χ2n) is 4.28. The van der Waals surface area contributed by atoms with Crippen LogP contribution in [0.5, 0.6) is 0 Å². The first kappa shape index (κ1) is 12.7. The van der Waals surface area contributed by atoms with Crippen LogP contribution in [-0.4, -0.2) is 55.2 Å². The first-order chi connectivity index (χ1) is 9.13. The van der Waals surface area contributed by atoms with E-state index in [9.17, 15) is 15.0 Å². The molecule has 19 heavy (non-hydrogen) atoms. The van der Waals surface area contributed by atoms with Crippen LogP contribution in [-0.2, 0) is 4.74 Å². The number of fused-ring (bicyclic) bond motifs is 1. The van der Waals surface area contributed by atoms with Gasteiger partial charge in [0.25, 0.3) is 5.56 Å². The van der Waals surface area contributed by atoms with Gasteiger partial charge in [0.1, 0.15) is 29.4 Å². The first-order valence-corrected chi connectivity index (χ1v) is 7.14. The summed E-state index contributed by atoms with van der Waals surface area (Å²) in [7, 11) is -1.24. The molecule has 1 fully saturated rings. The first-order valence-electron chi connectivity index (χ1n) is 5.66. The number of aliphatic hydroxyl groups excluding tert-OH is 3. The minimum absolute atomic E-state index is 0.214. The average Bonchev–Trinajstić information content (AvgIpc) is 2.94. The van der Waals surface area contributed by atoms with Gasteiger partial charge in [0.15, 0.2) is 5.52 Å². The molecule has 2 aromatic heterocycles. The van der Waals surface area contributed by atoms with E-state index in [-0.39, 0.29) is 17.7 Å². The third kappa shape index (κ3) is 1.89. The Labute approximate surface area is 107 Å². The standard InChI is InChI=1S/C10H12N3O5P/c14-1-4-6(15)7(16)10(18-4)19-3-13-5-8(17)11-2-12-9(5)19/h2-4,6-7,10,14-16H,1H2,(H,11,12,17). The van der Waals surface area contributed by atoms with E-state index in [4.69, 9.17) is 9.84 Å². The van der Waals surface area contributed by atoms with Crippen molar-refractivity contribution in [3.05, 3.63) is 22.6 Å². The fourth-order valence-electron chi connectivity index (χ4n) is 2.16. The van der Waals surface area contributed by atoms with E-state index < -0.39 is 31.7 Å². The summed E-state index contributed by atoms with van der Waals surface area (Å²) in [5.74, 6) is 0.809. The molecule has 0 radical (unpaired) electrons. The van der Waals surface area contributed by atoms with Gasteiger partial charge in [-0.2, -0.15) is 0 Å².